The summed E-state index contributed by atoms with van der Waals surface area (Å²) < 4.78 is 0. The summed E-state index contributed by atoms with van der Waals surface area (Å²) in [4.78, 5) is 44.5. The maximum atomic E-state index is 12.8. The minimum atomic E-state index is -0.282. The Bertz CT molecular complexity index is 918. The van der Waals surface area contributed by atoms with Gasteiger partial charge in [0.05, 0.1) is 0 Å². The first-order chi connectivity index (χ1) is 13.9. The zero-order chi connectivity index (χ0) is 21.0. The van der Waals surface area contributed by atoms with Crippen molar-refractivity contribution in [1.29, 1.82) is 0 Å². The Labute approximate surface area is 170 Å². The Morgan fingerprint density at radius 2 is 1.66 bits per heavy atom. The normalized spacial score (nSPS) is 14.1. The lowest BCUT2D eigenvalue weighted by Crippen LogP contribution is -2.50. The number of hydrogen-bond donors (Lipinski definition) is 1. The number of amides is 3. The van der Waals surface area contributed by atoms with E-state index in [1.807, 2.05) is 24.3 Å². The molecule has 0 unspecified atom stereocenters. The van der Waals surface area contributed by atoms with Crippen LogP contribution >= 0.6 is 0 Å². The van der Waals surface area contributed by atoms with E-state index in [9.17, 15) is 14.4 Å². The number of nitrogens with one attached hydrogen (secondary N) is 1. The topological polar surface area (TPSA) is 82.6 Å². The van der Waals surface area contributed by atoms with E-state index in [-0.39, 0.29) is 29.3 Å². The average Bonchev–Trinajstić information content (AvgIpc) is 2.73. The number of piperazine rings is 1. The number of aromatic nitrogens is 1. The number of pyridine rings is 1. The second-order valence-corrected chi connectivity index (χ2v) is 7.42. The van der Waals surface area contributed by atoms with Crippen molar-refractivity contribution in [3.05, 3.63) is 59.4 Å². The van der Waals surface area contributed by atoms with Crippen LogP contribution in [0.3, 0.4) is 0 Å². The maximum absolute atomic E-state index is 12.8. The Morgan fingerprint density at radius 1 is 1.00 bits per heavy atom. The Kier molecular flexibility index (Phi) is 6.26. The second-order valence-electron chi connectivity index (χ2n) is 7.42. The van der Waals surface area contributed by atoms with Crippen molar-refractivity contribution in [3.63, 3.8) is 0 Å². The fourth-order valence-corrected chi connectivity index (χ4v) is 3.38. The van der Waals surface area contributed by atoms with Crippen molar-refractivity contribution >= 4 is 23.4 Å². The Balaban J connectivity index is 1.72. The summed E-state index contributed by atoms with van der Waals surface area (Å²) in [6, 6.07) is 10.8. The molecule has 0 atom stereocenters. The van der Waals surface area contributed by atoms with Gasteiger partial charge in [0.15, 0.2) is 0 Å². The SMILES string of the molecule is CC(=O)N1CCN(C(=O)c2cc(C(=O)Nc3ccccc3C(C)C)ccn2)CC1. The Morgan fingerprint density at radius 3 is 2.31 bits per heavy atom. The molecule has 1 N–H and O–H groups in total. The molecule has 152 valence electrons. The number of carbonyl (C=O) groups excluding carboxylic acids is 3. The van der Waals surface area contributed by atoms with Crippen LogP contribution in [0.25, 0.3) is 0 Å². The van der Waals surface area contributed by atoms with Crippen LogP contribution in [0.1, 0.15) is 53.1 Å². The molecule has 0 spiro atoms. The summed E-state index contributed by atoms with van der Waals surface area (Å²) in [6.45, 7) is 7.59. The molecular weight excluding hydrogens is 368 g/mol. The zero-order valence-electron chi connectivity index (χ0n) is 17.0. The molecule has 2 aromatic rings. The molecule has 3 rings (SSSR count). The first kappa shape index (κ1) is 20.5. The van der Waals surface area contributed by atoms with Gasteiger partial charge in [-0.25, -0.2) is 0 Å². The molecule has 1 aromatic carbocycles. The third-order valence-electron chi connectivity index (χ3n) is 5.08. The van der Waals surface area contributed by atoms with Gasteiger partial charge in [-0.15, -0.1) is 0 Å². The lowest BCUT2D eigenvalue weighted by atomic mass is 10.0. The number of nitrogens with zero attached hydrogens (tertiary/aromatic N) is 3. The first-order valence-corrected chi connectivity index (χ1v) is 9.78. The van der Waals surface area contributed by atoms with Crippen molar-refractivity contribution in [2.75, 3.05) is 31.5 Å². The predicted molar refractivity (Wildman–Crippen MR) is 111 cm³/mol. The van der Waals surface area contributed by atoms with Crippen LogP contribution in [0.2, 0.25) is 0 Å². The monoisotopic (exact) mass is 394 g/mol. The molecule has 1 aromatic heterocycles. The minimum absolute atomic E-state index is 0.00979. The lowest BCUT2D eigenvalue weighted by Gasteiger charge is -2.34. The minimum Gasteiger partial charge on any atom is -0.339 e. The molecule has 1 aliphatic heterocycles. The van der Waals surface area contributed by atoms with Crippen molar-refractivity contribution < 1.29 is 14.4 Å². The average molecular weight is 394 g/mol. The molecule has 1 saturated heterocycles. The quantitative estimate of drug-likeness (QED) is 0.864. The summed E-state index contributed by atoms with van der Waals surface area (Å²) >= 11 is 0. The largest absolute Gasteiger partial charge is 0.339 e. The number of para-hydroxylation sites is 1. The van der Waals surface area contributed by atoms with Crippen LogP contribution in [0.5, 0.6) is 0 Å². The highest BCUT2D eigenvalue weighted by atomic mass is 16.2. The molecule has 1 aliphatic rings. The van der Waals surface area contributed by atoms with Crippen molar-refractivity contribution in [3.8, 4) is 0 Å². The van der Waals surface area contributed by atoms with Crippen LogP contribution in [-0.4, -0.2) is 58.7 Å². The molecule has 0 radical (unpaired) electrons. The zero-order valence-corrected chi connectivity index (χ0v) is 17.0. The van der Waals surface area contributed by atoms with Gasteiger partial charge in [-0.1, -0.05) is 32.0 Å². The summed E-state index contributed by atoms with van der Waals surface area (Å²) in [6.07, 6.45) is 1.47. The standard InChI is InChI=1S/C22H26N4O3/c1-15(2)18-6-4-5-7-19(18)24-21(28)17-8-9-23-20(14-17)22(29)26-12-10-25(11-13-26)16(3)27/h4-9,14-15H,10-13H2,1-3H3,(H,24,28). The van der Waals surface area contributed by atoms with Gasteiger partial charge in [0.2, 0.25) is 5.91 Å². The molecule has 2 heterocycles. The van der Waals surface area contributed by atoms with Crippen molar-refractivity contribution in [2.45, 2.75) is 26.7 Å². The van der Waals surface area contributed by atoms with Gasteiger partial charge in [-0.2, -0.15) is 0 Å². The van der Waals surface area contributed by atoms with E-state index < -0.39 is 0 Å². The number of carbonyl (C=O) groups is 3. The number of rotatable bonds is 4. The summed E-state index contributed by atoms with van der Waals surface area (Å²) in [5.74, 6) is -0.230. The van der Waals surface area contributed by atoms with Crippen LogP contribution in [-0.2, 0) is 4.79 Å². The fourth-order valence-electron chi connectivity index (χ4n) is 3.38. The molecule has 7 heteroatoms. The van der Waals surface area contributed by atoms with Crippen LogP contribution in [0, 0.1) is 0 Å². The molecule has 1 fully saturated rings. The third kappa shape index (κ3) is 4.80. The highest BCUT2D eigenvalue weighted by Crippen LogP contribution is 2.24. The lowest BCUT2D eigenvalue weighted by molar-refractivity contribution is -0.130. The van der Waals surface area contributed by atoms with E-state index in [1.165, 1.54) is 19.2 Å². The van der Waals surface area contributed by atoms with E-state index in [2.05, 4.69) is 24.1 Å². The molecule has 0 saturated carbocycles. The summed E-state index contributed by atoms with van der Waals surface area (Å²) in [5, 5.41) is 2.94. The third-order valence-corrected chi connectivity index (χ3v) is 5.08. The highest BCUT2D eigenvalue weighted by Gasteiger charge is 2.24. The maximum Gasteiger partial charge on any atom is 0.272 e. The molecule has 0 bridgehead atoms. The van der Waals surface area contributed by atoms with Gasteiger partial charge >= 0.3 is 0 Å². The highest BCUT2D eigenvalue weighted by molar-refractivity contribution is 6.06. The van der Waals surface area contributed by atoms with Gasteiger partial charge in [0.25, 0.3) is 11.8 Å². The van der Waals surface area contributed by atoms with Crippen LogP contribution < -0.4 is 5.32 Å². The second kappa shape index (κ2) is 8.86. The molecule has 0 aliphatic carbocycles. The van der Waals surface area contributed by atoms with E-state index in [0.717, 1.165) is 11.3 Å². The summed E-state index contributed by atoms with van der Waals surface area (Å²) in [5.41, 5.74) is 2.42. The number of benzene rings is 1. The van der Waals surface area contributed by atoms with E-state index >= 15 is 0 Å². The number of anilines is 1. The predicted octanol–water partition coefficient (Wildman–Crippen LogP) is 2.76. The van der Waals surface area contributed by atoms with Crippen LogP contribution in [0.15, 0.2) is 42.6 Å². The Hall–Kier alpha value is -3.22. The first-order valence-electron chi connectivity index (χ1n) is 9.78. The number of hydrogen-bond acceptors (Lipinski definition) is 4. The van der Waals surface area contributed by atoms with E-state index in [0.29, 0.717) is 31.7 Å². The van der Waals surface area contributed by atoms with Crippen LogP contribution in [0.4, 0.5) is 5.69 Å². The molecule has 7 nitrogen and oxygen atoms in total. The smallest absolute Gasteiger partial charge is 0.272 e. The summed E-state index contributed by atoms with van der Waals surface area (Å²) in [7, 11) is 0. The van der Waals surface area contributed by atoms with Gasteiger partial charge in [-0.3, -0.25) is 19.4 Å². The van der Waals surface area contributed by atoms with Crippen molar-refractivity contribution in [1.82, 2.24) is 14.8 Å². The molecule has 3 amide bonds. The van der Waals surface area contributed by atoms with Gasteiger partial charge in [0.1, 0.15) is 5.69 Å². The fraction of sp³-hybridized carbons (Fsp3) is 0.364. The molecule has 29 heavy (non-hydrogen) atoms. The van der Waals surface area contributed by atoms with E-state index in [4.69, 9.17) is 0 Å². The van der Waals surface area contributed by atoms with Gasteiger partial charge < -0.3 is 15.1 Å². The van der Waals surface area contributed by atoms with Gasteiger partial charge in [0, 0.05) is 50.6 Å². The van der Waals surface area contributed by atoms with E-state index in [1.54, 1.807) is 15.9 Å². The molecular formula is C22H26N4O3. The van der Waals surface area contributed by atoms with Crippen molar-refractivity contribution in [2.24, 2.45) is 0 Å². The van der Waals surface area contributed by atoms with Gasteiger partial charge in [-0.05, 0) is 29.7 Å².